The van der Waals surface area contributed by atoms with Crippen molar-refractivity contribution in [1.82, 2.24) is 0 Å². The molecule has 0 spiro atoms. The molecule has 0 heterocycles. The van der Waals surface area contributed by atoms with Crippen LogP contribution < -0.4 is 4.74 Å². The molecule has 1 rings (SSSR count). The van der Waals surface area contributed by atoms with Crippen LogP contribution in [-0.4, -0.2) is 42.8 Å². The third-order valence-electron chi connectivity index (χ3n) is 1.60. The van der Waals surface area contributed by atoms with Crippen LogP contribution in [0.25, 0.3) is 0 Å². The van der Waals surface area contributed by atoms with Gasteiger partial charge in [-0.2, -0.15) is 8.42 Å². The van der Waals surface area contributed by atoms with E-state index in [0.29, 0.717) is 5.56 Å². The third kappa shape index (κ3) is 6.68. The van der Waals surface area contributed by atoms with Crippen LogP contribution in [0.3, 0.4) is 0 Å². The molecule has 8 nitrogen and oxygen atoms in total. The summed E-state index contributed by atoms with van der Waals surface area (Å²) in [5, 5.41) is 9.21. The third-order valence-corrected chi connectivity index (χ3v) is 1.60. The van der Waals surface area contributed by atoms with Gasteiger partial charge in [0.25, 0.3) is 0 Å². The summed E-state index contributed by atoms with van der Waals surface area (Å²) in [6.07, 6.45) is 0. The molecule has 0 aliphatic carbocycles. The van der Waals surface area contributed by atoms with E-state index in [9.17, 15) is 9.90 Å². The molecule has 0 aromatic heterocycles. The van der Waals surface area contributed by atoms with Crippen molar-refractivity contribution in [1.29, 1.82) is 0 Å². The molecule has 0 saturated heterocycles. The summed E-state index contributed by atoms with van der Waals surface area (Å²) < 4.78 is 40.9. The first-order chi connectivity index (χ1) is 8.19. The zero-order valence-electron chi connectivity index (χ0n) is 9.52. The van der Waals surface area contributed by atoms with Gasteiger partial charge in [0.2, 0.25) is 0 Å². The van der Waals surface area contributed by atoms with Gasteiger partial charge in [0.15, 0.2) is 11.5 Å². The number of benzene rings is 1. The van der Waals surface area contributed by atoms with Crippen molar-refractivity contribution in [2.24, 2.45) is 0 Å². The maximum Gasteiger partial charge on any atom is 0.394 e. The van der Waals surface area contributed by atoms with E-state index >= 15 is 0 Å². The van der Waals surface area contributed by atoms with E-state index in [-0.39, 0.29) is 11.5 Å². The Morgan fingerprint density at radius 1 is 1.22 bits per heavy atom. The number of phenolic OH excluding ortho intramolecular Hbond substituents is 1. The van der Waals surface area contributed by atoms with E-state index in [1.165, 1.54) is 32.4 Å². The number of carbonyl (C=O) groups is 1. The van der Waals surface area contributed by atoms with Gasteiger partial charge in [-0.25, -0.2) is 4.79 Å². The second-order valence-electron chi connectivity index (χ2n) is 2.83. The van der Waals surface area contributed by atoms with E-state index in [1.54, 1.807) is 0 Å². The normalized spacial score (nSPS) is 10.0. The van der Waals surface area contributed by atoms with Gasteiger partial charge in [-0.15, -0.1) is 0 Å². The number of methoxy groups -OCH3 is 2. The Kier molecular flexibility index (Phi) is 6.09. The summed E-state index contributed by atoms with van der Waals surface area (Å²) in [7, 11) is -1.96. The lowest BCUT2D eigenvalue weighted by Gasteiger charge is -2.04. The van der Waals surface area contributed by atoms with E-state index in [0.717, 1.165) is 0 Å². The lowest BCUT2D eigenvalue weighted by molar-refractivity contribution is 0.0600. The summed E-state index contributed by atoms with van der Waals surface area (Å²) in [5.74, 6) is -0.212. The van der Waals surface area contributed by atoms with Gasteiger partial charge in [-0.1, -0.05) is 0 Å². The number of esters is 1. The molecular weight excluding hydrogens is 268 g/mol. The highest BCUT2D eigenvalue weighted by atomic mass is 32.3. The fraction of sp³-hybridized carbons (Fsp3) is 0.222. The fourth-order valence-electron chi connectivity index (χ4n) is 0.922. The van der Waals surface area contributed by atoms with Crippen LogP contribution in [0.4, 0.5) is 0 Å². The molecule has 18 heavy (non-hydrogen) atoms. The predicted octanol–water partition coefficient (Wildman–Crippen LogP) is 0.535. The van der Waals surface area contributed by atoms with Gasteiger partial charge in [0.05, 0.1) is 19.8 Å². The Labute approximate surface area is 103 Å². The van der Waals surface area contributed by atoms with E-state index in [1.807, 2.05) is 0 Å². The van der Waals surface area contributed by atoms with E-state index < -0.39 is 16.4 Å². The molecular formula is C9H12O8S. The molecule has 0 bridgehead atoms. The van der Waals surface area contributed by atoms with Crippen LogP contribution in [0.15, 0.2) is 18.2 Å². The monoisotopic (exact) mass is 280 g/mol. The van der Waals surface area contributed by atoms with Gasteiger partial charge in [0, 0.05) is 0 Å². The van der Waals surface area contributed by atoms with Crippen LogP contribution in [0.5, 0.6) is 11.5 Å². The van der Waals surface area contributed by atoms with Gasteiger partial charge >= 0.3 is 16.4 Å². The van der Waals surface area contributed by atoms with Crippen LogP contribution in [-0.2, 0) is 15.1 Å². The molecule has 0 saturated carbocycles. The van der Waals surface area contributed by atoms with Crippen molar-refractivity contribution in [3.8, 4) is 11.5 Å². The van der Waals surface area contributed by atoms with Crippen LogP contribution in [0, 0.1) is 0 Å². The Bertz CT molecular complexity index is 499. The van der Waals surface area contributed by atoms with Crippen molar-refractivity contribution in [3.05, 3.63) is 23.8 Å². The van der Waals surface area contributed by atoms with Crippen molar-refractivity contribution in [3.63, 3.8) is 0 Å². The quantitative estimate of drug-likeness (QED) is 0.528. The average Bonchev–Trinajstić information content (AvgIpc) is 2.26. The van der Waals surface area contributed by atoms with Gasteiger partial charge in [-0.05, 0) is 18.2 Å². The highest BCUT2D eigenvalue weighted by molar-refractivity contribution is 7.79. The first kappa shape index (κ1) is 16.2. The molecule has 1 aromatic carbocycles. The molecule has 0 aliphatic rings. The maximum atomic E-state index is 11.0. The first-order valence-electron chi connectivity index (χ1n) is 4.34. The summed E-state index contributed by atoms with van der Waals surface area (Å²) in [4.78, 5) is 11.0. The Balaban J connectivity index is 0.000000494. The molecule has 0 fully saturated rings. The molecule has 0 amide bonds. The standard InChI is InChI=1S/C9H10O4.H2O4S/c1-12-8-5-6(9(11)13-2)3-4-7(8)10;1-5(2,3)4/h3-5,10H,1-2H3;(H2,1,2,3,4). The predicted molar refractivity (Wildman–Crippen MR) is 60.2 cm³/mol. The number of rotatable bonds is 2. The average molecular weight is 280 g/mol. The largest absolute Gasteiger partial charge is 0.504 e. The minimum Gasteiger partial charge on any atom is -0.504 e. The number of ether oxygens (including phenoxy) is 2. The fourth-order valence-corrected chi connectivity index (χ4v) is 0.922. The Hall–Kier alpha value is -1.84. The zero-order valence-corrected chi connectivity index (χ0v) is 10.3. The van der Waals surface area contributed by atoms with Crippen LogP contribution in [0.1, 0.15) is 10.4 Å². The summed E-state index contributed by atoms with van der Waals surface area (Å²) in [6, 6.07) is 4.26. The van der Waals surface area contributed by atoms with Gasteiger partial charge in [-0.3, -0.25) is 9.11 Å². The van der Waals surface area contributed by atoms with Crippen LogP contribution >= 0.6 is 0 Å². The van der Waals surface area contributed by atoms with Crippen LogP contribution in [0.2, 0.25) is 0 Å². The molecule has 0 atom stereocenters. The lowest BCUT2D eigenvalue weighted by Crippen LogP contribution is -2.01. The molecule has 0 aliphatic heterocycles. The summed E-state index contributed by atoms with van der Waals surface area (Å²) in [6.45, 7) is 0. The Morgan fingerprint density at radius 2 is 1.72 bits per heavy atom. The highest BCUT2D eigenvalue weighted by Crippen LogP contribution is 2.26. The molecule has 9 heteroatoms. The molecule has 1 aromatic rings. The highest BCUT2D eigenvalue weighted by Gasteiger charge is 2.08. The topological polar surface area (TPSA) is 130 Å². The number of hydrogen-bond donors (Lipinski definition) is 3. The maximum absolute atomic E-state index is 11.0. The number of phenols is 1. The van der Waals surface area contributed by atoms with Gasteiger partial charge < -0.3 is 14.6 Å². The zero-order chi connectivity index (χ0) is 14.3. The lowest BCUT2D eigenvalue weighted by atomic mass is 10.2. The second kappa shape index (κ2) is 6.79. The Morgan fingerprint density at radius 3 is 2.11 bits per heavy atom. The second-order valence-corrected chi connectivity index (χ2v) is 3.72. The number of aromatic hydroxyl groups is 1. The molecule has 0 unspecified atom stereocenters. The number of hydrogen-bond acceptors (Lipinski definition) is 6. The molecule has 102 valence electrons. The minimum absolute atomic E-state index is 0.00449. The summed E-state index contributed by atoms with van der Waals surface area (Å²) >= 11 is 0. The SMILES string of the molecule is COC(=O)c1ccc(O)c(OC)c1.O=S(=O)(O)O. The molecule has 0 radical (unpaired) electrons. The summed E-state index contributed by atoms with van der Waals surface area (Å²) in [5.41, 5.74) is 0.345. The van der Waals surface area contributed by atoms with Crippen molar-refractivity contribution < 1.29 is 36.9 Å². The van der Waals surface area contributed by atoms with E-state index in [4.69, 9.17) is 22.3 Å². The van der Waals surface area contributed by atoms with Crippen molar-refractivity contribution >= 4 is 16.4 Å². The van der Waals surface area contributed by atoms with Gasteiger partial charge in [0.1, 0.15) is 0 Å². The minimum atomic E-state index is -4.67. The smallest absolute Gasteiger partial charge is 0.394 e. The number of carbonyl (C=O) groups excluding carboxylic acids is 1. The van der Waals surface area contributed by atoms with Crippen molar-refractivity contribution in [2.75, 3.05) is 14.2 Å². The van der Waals surface area contributed by atoms with Crippen molar-refractivity contribution in [2.45, 2.75) is 0 Å². The van der Waals surface area contributed by atoms with E-state index in [2.05, 4.69) is 4.74 Å². The molecule has 3 N–H and O–H groups in total. The first-order valence-corrected chi connectivity index (χ1v) is 5.74.